The van der Waals surface area contributed by atoms with Crippen molar-refractivity contribution in [3.63, 3.8) is 0 Å². The third-order valence-electron chi connectivity index (χ3n) is 8.82. The van der Waals surface area contributed by atoms with Crippen LogP contribution in [0, 0.1) is 0 Å². The Balaban J connectivity index is 0.960. The molecule has 0 aromatic heterocycles. The van der Waals surface area contributed by atoms with E-state index in [4.69, 9.17) is 33.9 Å². The van der Waals surface area contributed by atoms with Gasteiger partial charge in [-0.2, -0.15) is 0 Å². The summed E-state index contributed by atoms with van der Waals surface area (Å²) in [6.45, 7) is 4.07. The minimum atomic E-state index is -0.443. The molecule has 0 unspecified atom stereocenters. The van der Waals surface area contributed by atoms with E-state index < -0.39 is 11.9 Å². The average Bonchev–Trinajstić information content (AvgIpc) is 3.60. The molecule has 13 nitrogen and oxygen atoms in total. The number of nitrogens with one attached hydrogen (secondary N) is 1. The standard InChI is InChI=1S/C37H39N5O8S4/c1-49-34(47)26-9-5-24(6-10-26)22-28-32(45)41(36(51)53-28)15-3-4-31(44)40-20-18-39(19-21-40)17-14-38-30(43)13-16-42-33(46)29(54-37(42)52)23-25-7-11-27(12-8-25)35(48)50-2/h5-12,22-23H,3-4,13-21H2,1-2H3,(H,38,43)/b28-22-,29-23+. The highest BCUT2D eigenvalue weighted by molar-refractivity contribution is 8.27. The van der Waals surface area contributed by atoms with Gasteiger partial charge in [0.2, 0.25) is 11.8 Å². The topological polar surface area (TPSA) is 146 Å². The second-order valence-corrected chi connectivity index (χ2v) is 15.7. The molecule has 0 spiro atoms. The number of nitrogens with zero attached hydrogens (tertiary/aromatic N) is 4. The molecule has 5 rings (SSSR count). The lowest BCUT2D eigenvalue weighted by atomic mass is 10.1. The van der Waals surface area contributed by atoms with Crippen LogP contribution in [0.4, 0.5) is 0 Å². The molecule has 2 aromatic rings. The highest BCUT2D eigenvalue weighted by Crippen LogP contribution is 2.34. The summed E-state index contributed by atoms with van der Waals surface area (Å²) in [4.78, 5) is 82.7. The third kappa shape index (κ3) is 10.6. The van der Waals surface area contributed by atoms with Gasteiger partial charge in [-0.15, -0.1) is 0 Å². The van der Waals surface area contributed by atoms with E-state index in [-0.39, 0.29) is 36.6 Å². The first-order valence-electron chi connectivity index (χ1n) is 17.1. The van der Waals surface area contributed by atoms with Crippen LogP contribution < -0.4 is 5.32 Å². The van der Waals surface area contributed by atoms with Gasteiger partial charge in [0.05, 0.1) is 35.2 Å². The van der Waals surface area contributed by atoms with E-state index in [0.29, 0.717) is 88.2 Å². The fraction of sp³-hybridized carbons (Fsp3) is 0.351. The Morgan fingerprint density at radius 2 is 1.19 bits per heavy atom. The molecule has 0 bridgehead atoms. The van der Waals surface area contributed by atoms with E-state index in [0.717, 1.165) is 11.1 Å². The molecule has 0 atom stereocenters. The number of amides is 4. The number of rotatable bonds is 14. The lowest BCUT2D eigenvalue weighted by Gasteiger charge is -2.35. The number of carbonyl (C=O) groups is 6. The highest BCUT2D eigenvalue weighted by Gasteiger charge is 2.33. The highest BCUT2D eigenvalue weighted by atomic mass is 32.2. The molecule has 2 aromatic carbocycles. The van der Waals surface area contributed by atoms with Gasteiger partial charge in [-0.3, -0.25) is 33.9 Å². The number of esters is 2. The van der Waals surface area contributed by atoms with Gasteiger partial charge < -0.3 is 19.7 Å². The Morgan fingerprint density at radius 3 is 1.67 bits per heavy atom. The lowest BCUT2D eigenvalue weighted by molar-refractivity contribution is -0.133. The van der Waals surface area contributed by atoms with Crippen molar-refractivity contribution in [2.75, 3.05) is 66.6 Å². The van der Waals surface area contributed by atoms with Gasteiger partial charge in [-0.1, -0.05) is 72.2 Å². The quantitative estimate of drug-likeness (QED) is 0.168. The van der Waals surface area contributed by atoms with Gasteiger partial charge in [-0.05, 0) is 54.0 Å². The van der Waals surface area contributed by atoms with Gasteiger partial charge in [0.1, 0.15) is 8.64 Å². The number of methoxy groups -OCH3 is 2. The molecule has 3 aliphatic heterocycles. The number of thioether (sulfide) groups is 2. The molecule has 3 heterocycles. The molecule has 1 N–H and O–H groups in total. The Kier molecular flexibility index (Phi) is 14.5. The third-order valence-corrected chi connectivity index (χ3v) is 11.6. The largest absolute Gasteiger partial charge is 0.465 e. The van der Waals surface area contributed by atoms with Crippen LogP contribution >= 0.6 is 48.0 Å². The van der Waals surface area contributed by atoms with Crippen LogP contribution in [0.5, 0.6) is 0 Å². The van der Waals surface area contributed by atoms with Crippen molar-refractivity contribution in [1.82, 2.24) is 24.9 Å². The summed E-state index contributed by atoms with van der Waals surface area (Å²) in [6.07, 6.45) is 4.31. The minimum absolute atomic E-state index is 0.0247. The van der Waals surface area contributed by atoms with E-state index in [1.54, 1.807) is 60.7 Å². The van der Waals surface area contributed by atoms with Gasteiger partial charge in [0.25, 0.3) is 11.8 Å². The van der Waals surface area contributed by atoms with Crippen LogP contribution in [-0.2, 0) is 28.7 Å². The summed E-state index contributed by atoms with van der Waals surface area (Å²) in [5.74, 6) is -1.51. The van der Waals surface area contributed by atoms with Crippen LogP contribution in [0.1, 0.15) is 51.1 Å². The minimum Gasteiger partial charge on any atom is -0.465 e. The molecule has 4 amide bonds. The predicted molar refractivity (Wildman–Crippen MR) is 215 cm³/mol. The normalized spacial score (nSPS) is 17.9. The van der Waals surface area contributed by atoms with Crippen LogP contribution in [0.15, 0.2) is 58.3 Å². The van der Waals surface area contributed by atoms with Crippen LogP contribution in [0.2, 0.25) is 0 Å². The Labute approximate surface area is 332 Å². The zero-order valence-corrected chi connectivity index (χ0v) is 33.0. The van der Waals surface area contributed by atoms with E-state index in [9.17, 15) is 28.8 Å². The fourth-order valence-corrected chi connectivity index (χ4v) is 8.39. The Hall–Kier alpha value is -4.42. The van der Waals surface area contributed by atoms with E-state index >= 15 is 0 Å². The number of ether oxygens (including phenoxy) is 2. The monoisotopic (exact) mass is 809 g/mol. The van der Waals surface area contributed by atoms with Crippen molar-refractivity contribution in [2.45, 2.75) is 19.3 Å². The number of thiocarbonyl (C=S) groups is 2. The summed E-state index contributed by atoms with van der Waals surface area (Å²) in [5, 5.41) is 2.91. The summed E-state index contributed by atoms with van der Waals surface area (Å²) in [5.41, 5.74) is 2.32. The molecule has 0 saturated carbocycles. The number of hydrogen-bond acceptors (Lipinski definition) is 13. The number of hydrogen-bond donors (Lipinski definition) is 1. The molecule has 284 valence electrons. The number of carbonyl (C=O) groups excluding carboxylic acids is 6. The van der Waals surface area contributed by atoms with Gasteiger partial charge in [0, 0.05) is 65.2 Å². The molecule has 3 aliphatic rings. The summed E-state index contributed by atoms with van der Waals surface area (Å²) in [7, 11) is 2.63. The fourth-order valence-electron chi connectivity index (χ4n) is 5.78. The summed E-state index contributed by atoms with van der Waals surface area (Å²) < 4.78 is 10.3. The summed E-state index contributed by atoms with van der Waals surface area (Å²) in [6, 6.07) is 13.4. The molecular weight excluding hydrogens is 771 g/mol. The smallest absolute Gasteiger partial charge is 0.337 e. The van der Waals surface area contributed by atoms with Gasteiger partial charge in [-0.25, -0.2) is 9.59 Å². The molecule has 3 fully saturated rings. The molecule has 3 saturated heterocycles. The van der Waals surface area contributed by atoms with E-state index in [1.807, 2.05) is 4.90 Å². The second-order valence-electron chi connectivity index (χ2n) is 12.3. The van der Waals surface area contributed by atoms with Crippen LogP contribution in [0.25, 0.3) is 12.2 Å². The van der Waals surface area contributed by atoms with Crippen LogP contribution in [0.3, 0.4) is 0 Å². The average molecular weight is 810 g/mol. The first kappa shape index (κ1) is 40.8. The zero-order chi connectivity index (χ0) is 38.8. The lowest BCUT2D eigenvalue weighted by Crippen LogP contribution is -2.50. The first-order chi connectivity index (χ1) is 26.0. The van der Waals surface area contributed by atoms with Gasteiger partial charge >= 0.3 is 11.9 Å². The van der Waals surface area contributed by atoms with E-state index in [1.165, 1.54) is 47.5 Å². The molecule has 54 heavy (non-hydrogen) atoms. The maximum atomic E-state index is 13.0. The van der Waals surface area contributed by atoms with Crippen LogP contribution in [-0.4, -0.2) is 130 Å². The number of piperazine rings is 1. The molecular formula is C37H39N5O8S4. The zero-order valence-electron chi connectivity index (χ0n) is 29.7. The van der Waals surface area contributed by atoms with Gasteiger partial charge in [0.15, 0.2) is 0 Å². The van der Waals surface area contributed by atoms with Crippen molar-refractivity contribution in [1.29, 1.82) is 0 Å². The molecule has 0 radical (unpaired) electrons. The van der Waals surface area contributed by atoms with Crippen molar-refractivity contribution < 1.29 is 38.2 Å². The Bertz CT molecular complexity index is 1870. The molecule has 0 aliphatic carbocycles. The van der Waals surface area contributed by atoms with Crippen molar-refractivity contribution in [2.24, 2.45) is 0 Å². The van der Waals surface area contributed by atoms with Crippen molar-refractivity contribution >= 4 is 104 Å². The van der Waals surface area contributed by atoms with Crippen molar-refractivity contribution in [3.8, 4) is 0 Å². The predicted octanol–water partition coefficient (Wildman–Crippen LogP) is 3.79. The maximum absolute atomic E-state index is 13.0. The maximum Gasteiger partial charge on any atom is 0.337 e. The summed E-state index contributed by atoms with van der Waals surface area (Å²) >= 11 is 13.2. The Morgan fingerprint density at radius 1 is 0.704 bits per heavy atom. The second kappa shape index (κ2) is 19.3. The molecule has 17 heteroatoms. The first-order valence-corrected chi connectivity index (χ1v) is 19.6. The number of benzene rings is 2. The SMILES string of the molecule is COC(=O)c1ccc(/C=C2\SC(=S)N(CCCC(=O)N3CCN(CCNC(=O)CCN4C(=O)/C(=C\c5ccc(C(=O)OC)cc5)SC4=S)CC3)C2=O)cc1. The van der Waals surface area contributed by atoms with E-state index in [2.05, 4.69) is 10.2 Å². The van der Waals surface area contributed by atoms with Crippen molar-refractivity contribution in [3.05, 3.63) is 80.6 Å².